The summed E-state index contributed by atoms with van der Waals surface area (Å²) in [5.41, 5.74) is 2.42. The summed E-state index contributed by atoms with van der Waals surface area (Å²) in [6.45, 7) is 5.44. The predicted octanol–water partition coefficient (Wildman–Crippen LogP) is 2.85. The molecule has 3 aliphatic rings. The van der Waals surface area contributed by atoms with Gasteiger partial charge in [-0.05, 0) is 44.2 Å². The van der Waals surface area contributed by atoms with Crippen LogP contribution in [0.15, 0.2) is 24.3 Å². The van der Waals surface area contributed by atoms with Crippen LogP contribution in [0.2, 0.25) is 0 Å². The number of hydrogen-bond donors (Lipinski definition) is 0. The third kappa shape index (κ3) is 2.68. The number of carbonyl (C=O) groups excluding carboxylic acids is 1. The monoisotopic (exact) mass is 315 g/mol. The third-order valence-electron chi connectivity index (χ3n) is 5.67. The lowest BCUT2D eigenvalue weighted by Gasteiger charge is -2.40. The third-order valence-corrected chi connectivity index (χ3v) is 5.67. The van der Waals surface area contributed by atoms with Gasteiger partial charge in [-0.3, -0.25) is 4.79 Å². The molecule has 4 heteroatoms. The van der Waals surface area contributed by atoms with E-state index in [0.717, 1.165) is 19.3 Å². The van der Waals surface area contributed by atoms with Gasteiger partial charge in [-0.2, -0.15) is 0 Å². The molecule has 1 aromatic rings. The molecule has 3 aliphatic heterocycles. The first-order valence-corrected chi connectivity index (χ1v) is 8.76. The first kappa shape index (κ1) is 15.2. The molecule has 23 heavy (non-hydrogen) atoms. The Morgan fingerprint density at radius 3 is 2.78 bits per heavy atom. The molecule has 4 nitrogen and oxygen atoms in total. The van der Waals surface area contributed by atoms with Gasteiger partial charge in [0.25, 0.3) is 0 Å². The summed E-state index contributed by atoms with van der Waals surface area (Å²) >= 11 is 0. The smallest absolute Gasteiger partial charge is 0.228 e. The van der Waals surface area contributed by atoms with Gasteiger partial charge >= 0.3 is 0 Å². The number of aryl methyl sites for hydroxylation is 1. The average Bonchev–Trinajstić information content (AvgIpc) is 3.18. The van der Waals surface area contributed by atoms with Crippen LogP contribution in [0.5, 0.6) is 0 Å². The second kappa shape index (κ2) is 5.91. The minimum atomic E-state index is -0.0177. The summed E-state index contributed by atoms with van der Waals surface area (Å²) in [6, 6.07) is 8.44. The van der Waals surface area contributed by atoms with Gasteiger partial charge in [0.15, 0.2) is 0 Å². The minimum Gasteiger partial charge on any atom is -0.374 e. The van der Waals surface area contributed by atoms with Crippen molar-refractivity contribution in [1.29, 1.82) is 0 Å². The van der Waals surface area contributed by atoms with E-state index in [1.165, 1.54) is 11.1 Å². The van der Waals surface area contributed by atoms with Crippen molar-refractivity contribution in [3.05, 3.63) is 35.4 Å². The summed E-state index contributed by atoms with van der Waals surface area (Å²) < 4.78 is 11.9. The van der Waals surface area contributed by atoms with Crippen molar-refractivity contribution in [3.8, 4) is 0 Å². The number of rotatable bonds is 2. The van der Waals surface area contributed by atoms with E-state index in [1.54, 1.807) is 0 Å². The van der Waals surface area contributed by atoms with Crippen molar-refractivity contribution < 1.29 is 14.3 Å². The first-order chi connectivity index (χ1) is 11.1. The first-order valence-electron chi connectivity index (χ1n) is 8.76. The van der Waals surface area contributed by atoms with Crippen molar-refractivity contribution in [2.75, 3.05) is 13.2 Å². The summed E-state index contributed by atoms with van der Waals surface area (Å²) in [5.74, 6) is 0.332. The van der Waals surface area contributed by atoms with E-state index in [0.29, 0.717) is 19.3 Å². The fourth-order valence-corrected chi connectivity index (χ4v) is 4.31. The molecule has 1 aromatic carbocycles. The molecule has 0 spiro atoms. The van der Waals surface area contributed by atoms with Gasteiger partial charge in [0.05, 0.1) is 37.3 Å². The van der Waals surface area contributed by atoms with Gasteiger partial charge in [-0.25, -0.2) is 0 Å². The second-order valence-electron chi connectivity index (χ2n) is 7.23. The summed E-state index contributed by atoms with van der Waals surface area (Å²) in [7, 11) is 0. The summed E-state index contributed by atoms with van der Waals surface area (Å²) in [5, 5.41) is 0. The molecule has 0 aromatic heterocycles. The highest BCUT2D eigenvalue weighted by Gasteiger charge is 2.47. The Kier molecular flexibility index (Phi) is 3.90. The normalized spacial score (nSPS) is 36.4. The van der Waals surface area contributed by atoms with Crippen molar-refractivity contribution >= 4 is 5.91 Å². The molecule has 4 rings (SSSR count). The molecule has 124 valence electrons. The molecular formula is C19H25NO3. The van der Waals surface area contributed by atoms with Crippen LogP contribution in [-0.4, -0.2) is 42.2 Å². The zero-order chi connectivity index (χ0) is 16.0. The lowest BCUT2D eigenvalue weighted by atomic mass is 9.87. The highest BCUT2D eigenvalue weighted by molar-refractivity contribution is 5.80. The van der Waals surface area contributed by atoms with E-state index in [4.69, 9.17) is 9.47 Å². The fraction of sp³-hybridized carbons (Fsp3) is 0.632. The standard InChI is InChI=1S/C19H25NO3/c1-12-5-3-4-6-15(12)18-10-20(13(2)11-22-18)19(21)16-9-14-7-8-17(16)23-14/h3-6,13-14,16-18H,7-11H2,1-2H3. The van der Waals surface area contributed by atoms with Gasteiger partial charge < -0.3 is 14.4 Å². The minimum absolute atomic E-state index is 0.0177. The second-order valence-corrected chi connectivity index (χ2v) is 7.23. The van der Waals surface area contributed by atoms with E-state index in [9.17, 15) is 4.79 Å². The van der Waals surface area contributed by atoms with E-state index in [1.807, 2.05) is 17.0 Å². The van der Waals surface area contributed by atoms with Gasteiger partial charge in [0, 0.05) is 0 Å². The molecule has 3 saturated heterocycles. The number of carbonyl (C=O) groups is 1. The van der Waals surface area contributed by atoms with Crippen molar-refractivity contribution in [1.82, 2.24) is 4.90 Å². The Labute approximate surface area is 137 Å². The highest BCUT2D eigenvalue weighted by atomic mass is 16.5. The van der Waals surface area contributed by atoms with Gasteiger partial charge in [0.1, 0.15) is 6.10 Å². The summed E-state index contributed by atoms with van der Waals surface area (Å²) in [6.07, 6.45) is 3.52. The number of benzene rings is 1. The molecule has 0 N–H and O–H groups in total. The van der Waals surface area contributed by atoms with Crippen LogP contribution in [-0.2, 0) is 14.3 Å². The molecule has 5 unspecified atom stereocenters. The number of ether oxygens (including phenoxy) is 2. The molecular weight excluding hydrogens is 290 g/mol. The van der Waals surface area contributed by atoms with Crippen molar-refractivity contribution in [2.45, 2.75) is 57.5 Å². The van der Waals surface area contributed by atoms with Gasteiger partial charge in [-0.15, -0.1) is 0 Å². The number of amides is 1. The van der Waals surface area contributed by atoms with E-state index < -0.39 is 0 Å². The largest absolute Gasteiger partial charge is 0.374 e. The van der Waals surface area contributed by atoms with E-state index in [-0.39, 0.29) is 30.1 Å². The number of hydrogen-bond acceptors (Lipinski definition) is 3. The molecule has 0 radical (unpaired) electrons. The van der Waals surface area contributed by atoms with E-state index >= 15 is 0 Å². The molecule has 3 heterocycles. The Balaban J connectivity index is 1.51. The molecule has 2 bridgehead atoms. The van der Waals surface area contributed by atoms with Gasteiger partial charge in [0.2, 0.25) is 5.91 Å². The quantitative estimate of drug-likeness (QED) is 0.842. The van der Waals surface area contributed by atoms with Crippen molar-refractivity contribution in [2.24, 2.45) is 5.92 Å². The SMILES string of the molecule is Cc1ccccc1C1CN(C(=O)C2CC3CCC2O3)C(C)CO1. The van der Waals surface area contributed by atoms with E-state index in [2.05, 4.69) is 26.0 Å². The maximum Gasteiger partial charge on any atom is 0.228 e. The molecule has 0 saturated carbocycles. The number of morpholine rings is 1. The van der Waals surface area contributed by atoms with Gasteiger partial charge in [-0.1, -0.05) is 24.3 Å². The lowest BCUT2D eigenvalue weighted by Crippen LogP contribution is -2.51. The van der Waals surface area contributed by atoms with Crippen LogP contribution >= 0.6 is 0 Å². The van der Waals surface area contributed by atoms with Crippen LogP contribution in [0.1, 0.15) is 43.4 Å². The summed E-state index contributed by atoms with van der Waals surface area (Å²) in [4.78, 5) is 15.1. The molecule has 3 fully saturated rings. The molecule has 1 amide bonds. The Hall–Kier alpha value is -1.39. The fourth-order valence-electron chi connectivity index (χ4n) is 4.31. The zero-order valence-corrected chi connectivity index (χ0v) is 13.9. The van der Waals surface area contributed by atoms with Crippen LogP contribution < -0.4 is 0 Å². The predicted molar refractivity (Wildman–Crippen MR) is 87.0 cm³/mol. The maximum absolute atomic E-state index is 13.1. The number of fused-ring (bicyclic) bond motifs is 2. The van der Waals surface area contributed by atoms with Crippen LogP contribution in [0, 0.1) is 12.8 Å². The van der Waals surface area contributed by atoms with Crippen LogP contribution in [0.25, 0.3) is 0 Å². The lowest BCUT2D eigenvalue weighted by molar-refractivity contribution is -0.150. The Morgan fingerprint density at radius 1 is 1.26 bits per heavy atom. The zero-order valence-electron chi connectivity index (χ0n) is 13.9. The maximum atomic E-state index is 13.1. The number of nitrogens with zero attached hydrogens (tertiary/aromatic N) is 1. The highest BCUT2D eigenvalue weighted by Crippen LogP contribution is 2.40. The van der Waals surface area contributed by atoms with Crippen LogP contribution in [0.3, 0.4) is 0 Å². The molecule has 0 aliphatic carbocycles. The topological polar surface area (TPSA) is 38.8 Å². The Bertz CT molecular complexity index is 602. The van der Waals surface area contributed by atoms with Crippen LogP contribution in [0.4, 0.5) is 0 Å². The van der Waals surface area contributed by atoms with Crippen molar-refractivity contribution in [3.63, 3.8) is 0 Å². The Morgan fingerprint density at radius 2 is 2.09 bits per heavy atom. The average molecular weight is 315 g/mol. The molecule has 5 atom stereocenters.